The minimum Gasteiger partial charge on any atom is -0.481 e. The molecule has 0 fully saturated rings. The van der Waals surface area contributed by atoms with Crippen LogP contribution in [-0.4, -0.2) is 45.7 Å². The average Bonchev–Trinajstić information content (AvgIpc) is 2.77. The fourth-order valence-corrected chi connectivity index (χ4v) is 2.43. The lowest BCUT2D eigenvalue weighted by atomic mass is 10.2. The average molecular weight is 293 g/mol. The number of hydrogen-bond acceptors (Lipinski definition) is 6. The number of thioether (sulfide) groups is 1. The van der Waals surface area contributed by atoms with Crippen molar-refractivity contribution in [1.82, 2.24) is 14.8 Å². The van der Waals surface area contributed by atoms with Gasteiger partial charge in [0, 0.05) is 14.1 Å². The molecule has 1 aromatic carbocycles. The molecule has 0 saturated carbocycles. The second-order valence-electron chi connectivity index (χ2n) is 4.24. The molecule has 106 valence electrons. The van der Waals surface area contributed by atoms with Gasteiger partial charge in [-0.3, -0.25) is 9.36 Å². The molecule has 0 radical (unpaired) electrons. The molecule has 0 saturated heterocycles. The second-order valence-corrected chi connectivity index (χ2v) is 5.18. The van der Waals surface area contributed by atoms with Crippen LogP contribution in [0.3, 0.4) is 0 Å². The maximum atomic E-state index is 10.7. The van der Waals surface area contributed by atoms with Crippen molar-refractivity contribution >= 4 is 29.4 Å². The Labute approximate surface area is 120 Å². The number of nitrogens with zero attached hydrogens (tertiary/aromatic N) is 4. The fourth-order valence-electron chi connectivity index (χ4n) is 1.76. The monoisotopic (exact) mass is 293 g/mol. The van der Waals surface area contributed by atoms with E-state index in [1.54, 1.807) is 4.57 Å². The molecule has 2 aromatic rings. The summed E-state index contributed by atoms with van der Waals surface area (Å²) in [4.78, 5) is 12.6. The normalized spacial score (nSPS) is 10.5. The Hall–Kier alpha value is -2.22. The summed E-state index contributed by atoms with van der Waals surface area (Å²) < 4.78 is 1.66. The summed E-state index contributed by atoms with van der Waals surface area (Å²) in [6, 6.07) is 7.64. The Kier molecular flexibility index (Phi) is 4.14. The van der Waals surface area contributed by atoms with E-state index in [0.29, 0.717) is 5.16 Å². The molecule has 20 heavy (non-hydrogen) atoms. The number of para-hydroxylation sites is 2. The van der Waals surface area contributed by atoms with Gasteiger partial charge in [-0.1, -0.05) is 23.9 Å². The quantitative estimate of drug-likeness (QED) is 0.796. The molecule has 0 aliphatic heterocycles. The van der Waals surface area contributed by atoms with Crippen molar-refractivity contribution in [3.8, 4) is 5.69 Å². The highest BCUT2D eigenvalue weighted by Crippen LogP contribution is 2.29. The summed E-state index contributed by atoms with van der Waals surface area (Å²) in [7, 11) is 3.84. The minimum atomic E-state index is -0.913. The van der Waals surface area contributed by atoms with Gasteiger partial charge in [0.1, 0.15) is 0 Å². The summed E-state index contributed by atoms with van der Waals surface area (Å²) in [5, 5.41) is 17.0. The molecule has 2 rings (SSSR count). The Bertz CT molecular complexity index is 626. The van der Waals surface area contributed by atoms with Crippen molar-refractivity contribution in [3.63, 3.8) is 0 Å². The number of benzene rings is 1. The number of nitrogen functional groups attached to an aromatic ring is 1. The molecule has 1 heterocycles. The lowest BCUT2D eigenvalue weighted by Crippen LogP contribution is -2.13. The maximum absolute atomic E-state index is 10.7. The van der Waals surface area contributed by atoms with Crippen molar-refractivity contribution in [3.05, 3.63) is 24.3 Å². The van der Waals surface area contributed by atoms with Gasteiger partial charge in [-0.2, -0.15) is 0 Å². The van der Waals surface area contributed by atoms with Crippen molar-refractivity contribution in [2.24, 2.45) is 0 Å². The van der Waals surface area contributed by atoms with Crippen LogP contribution in [0.5, 0.6) is 0 Å². The number of carboxylic acid groups (broad SMARTS) is 1. The van der Waals surface area contributed by atoms with Crippen LogP contribution in [0.2, 0.25) is 0 Å². The minimum absolute atomic E-state index is 0.0950. The first-order valence-corrected chi connectivity index (χ1v) is 6.81. The highest BCUT2D eigenvalue weighted by molar-refractivity contribution is 7.99. The first kappa shape index (κ1) is 14.2. The van der Waals surface area contributed by atoms with Gasteiger partial charge in [0.05, 0.1) is 17.1 Å². The molecule has 0 aliphatic carbocycles. The summed E-state index contributed by atoms with van der Waals surface area (Å²) >= 11 is 1.08. The molecule has 0 aliphatic rings. The van der Waals surface area contributed by atoms with Gasteiger partial charge < -0.3 is 15.7 Å². The summed E-state index contributed by atoms with van der Waals surface area (Å²) in [6.45, 7) is 0. The summed E-state index contributed by atoms with van der Waals surface area (Å²) in [5.41, 5.74) is 7.61. The standard InChI is InChI=1S/C12H15N5O2S/c1-16(2)8-5-3-4-6-9(8)17-11(13)14-15-12(17)20-7-10(18)19/h3-6H,7H2,1-2H3,(H2,13,14)(H,18,19). The van der Waals surface area contributed by atoms with E-state index in [9.17, 15) is 4.79 Å². The van der Waals surface area contributed by atoms with Crippen LogP contribution in [0.25, 0.3) is 5.69 Å². The van der Waals surface area contributed by atoms with Crippen molar-refractivity contribution in [2.75, 3.05) is 30.5 Å². The SMILES string of the molecule is CN(C)c1ccccc1-n1c(N)nnc1SCC(=O)O. The lowest BCUT2D eigenvalue weighted by Gasteiger charge is -2.18. The zero-order chi connectivity index (χ0) is 14.7. The van der Waals surface area contributed by atoms with Gasteiger partial charge in [0.25, 0.3) is 0 Å². The predicted molar refractivity (Wildman–Crippen MR) is 78.5 cm³/mol. The smallest absolute Gasteiger partial charge is 0.313 e. The fraction of sp³-hybridized carbons (Fsp3) is 0.250. The topological polar surface area (TPSA) is 97.3 Å². The number of aromatic nitrogens is 3. The number of rotatable bonds is 5. The zero-order valence-corrected chi connectivity index (χ0v) is 12.0. The third-order valence-electron chi connectivity index (χ3n) is 2.59. The molecule has 1 aromatic heterocycles. The Morgan fingerprint density at radius 2 is 2.10 bits per heavy atom. The van der Waals surface area contributed by atoms with Crippen LogP contribution in [0.15, 0.2) is 29.4 Å². The van der Waals surface area contributed by atoms with Gasteiger partial charge in [0.2, 0.25) is 5.95 Å². The van der Waals surface area contributed by atoms with Gasteiger partial charge in [-0.05, 0) is 12.1 Å². The maximum Gasteiger partial charge on any atom is 0.313 e. The van der Waals surface area contributed by atoms with Gasteiger partial charge >= 0.3 is 5.97 Å². The molecular weight excluding hydrogens is 278 g/mol. The third kappa shape index (κ3) is 2.85. The van der Waals surface area contributed by atoms with Crippen LogP contribution in [0.4, 0.5) is 11.6 Å². The Morgan fingerprint density at radius 3 is 2.75 bits per heavy atom. The highest BCUT2D eigenvalue weighted by atomic mass is 32.2. The first-order valence-electron chi connectivity index (χ1n) is 5.83. The van der Waals surface area contributed by atoms with Crippen LogP contribution in [0, 0.1) is 0 Å². The third-order valence-corrected chi connectivity index (χ3v) is 3.50. The number of nitrogens with two attached hydrogens (primary N) is 1. The molecule has 3 N–H and O–H groups in total. The highest BCUT2D eigenvalue weighted by Gasteiger charge is 2.16. The van der Waals surface area contributed by atoms with Crippen LogP contribution in [-0.2, 0) is 4.79 Å². The van der Waals surface area contributed by atoms with Gasteiger partial charge in [-0.25, -0.2) is 0 Å². The number of carbonyl (C=O) groups is 1. The van der Waals surface area contributed by atoms with Gasteiger partial charge in [0.15, 0.2) is 5.16 Å². The van der Waals surface area contributed by atoms with Crippen molar-refractivity contribution in [1.29, 1.82) is 0 Å². The molecule has 0 spiro atoms. The van der Waals surface area contributed by atoms with Gasteiger partial charge in [-0.15, -0.1) is 10.2 Å². The summed E-state index contributed by atoms with van der Waals surface area (Å²) in [5.74, 6) is -0.779. The largest absolute Gasteiger partial charge is 0.481 e. The number of anilines is 2. The summed E-state index contributed by atoms with van der Waals surface area (Å²) in [6.07, 6.45) is 0. The van der Waals surface area contributed by atoms with E-state index in [2.05, 4.69) is 10.2 Å². The van der Waals surface area contributed by atoms with E-state index in [1.807, 2.05) is 43.3 Å². The molecule has 0 amide bonds. The molecule has 0 unspecified atom stereocenters. The number of hydrogen-bond donors (Lipinski definition) is 2. The van der Waals surface area contributed by atoms with Crippen molar-refractivity contribution < 1.29 is 9.90 Å². The molecular formula is C12H15N5O2S. The number of aliphatic carboxylic acids is 1. The van der Waals surface area contributed by atoms with E-state index in [4.69, 9.17) is 10.8 Å². The zero-order valence-electron chi connectivity index (χ0n) is 11.1. The van der Waals surface area contributed by atoms with Crippen molar-refractivity contribution in [2.45, 2.75) is 5.16 Å². The van der Waals surface area contributed by atoms with Crippen LogP contribution < -0.4 is 10.6 Å². The molecule has 8 heteroatoms. The Balaban J connectivity index is 2.47. The van der Waals surface area contributed by atoms with E-state index in [0.717, 1.165) is 23.1 Å². The van der Waals surface area contributed by atoms with Crippen LogP contribution >= 0.6 is 11.8 Å². The van der Waals surface area contributed by atoms with E-state index < -0.39 is 5.97 Å². The number of carboxylic acids is 1. The molecule has 7 nitrogen and oxygen atoms in total. The molecule has 0 atom stereocenters. The Morgan fingerprint density at radius 1 is 1.40 bits per heavy atom. The first-order chi connectivity index (χ1) is 9.50. The van der Waals surface area contributed by atoms with E-state index >= 15 is 0 Å². The lowest BCUT2D eigenvalue weighted by molar-refractivity contribution is -0.133. The van der Waals surface area contributed by atoms with E-state index in [-0.39, 0.29) is 11.7 Å². The van der Waals surface area contributed by atoms with E-state index in [1.165, 1.54) is 0 Å². The van der Waals surface area contributed by atoms with Crippen LogP contribution in [0.1, 0.15) is 0 Å². The molecule has 0 bridgehead atoms. The predicted octanol–water partition coefficient (Wildman–Crippen LogP) is 1.09. The second kappa shape index (κ2) is 5.83.